The monoisotopic (exact) mass is 753 g/mol. The van der Waals surface area contributed by atoms with Crippen LogP contribution in [0.2, 0.25) is 0 Å². The van der Waals surface area contributed by atoms with Crippen LogP contribution in [0.25, 0.3) is 0 Å². The molecule has 1 aromatic carbocycles. The second-order valence-electron chi connectivity index (χ2n) is 10.9. The van der Waals surface area contributed by atoms with Gasteiger partial charge in [0.25, 0.3) is 0 Å². The van der Waals surface area contributed by atoms with Gasteiger partial charge in [-0.1, -0.05) is 12.8 Å². The molecule has 0 aliphatic heterocycles. The van der Waals surface area contributed by atoms with Crippen molar-refractivity contribution in [1.82, 2.24) is 0 Å². The van der Waals surface area contributed by atoms with Crippen molar-refractivity contribution >= 4 is 23.2 Å². The Balaban J connectivity index is 1.64. The molecule has 0 atom stereocenters. The number of halogens is 1. The Kier molecular flexibility index (Phi) is 36.7. The van der Waals surface area contributed by atoms with E-state index in [1.54, 1.807) is 24.3 Å². The molecule has 0 aliphatic rings. The SMILES string of the molecule is CC(=O)Nc1ccc(OCCOCCOCCOCCOCCOCCOCCOCCOCCOCCOCCOCCCCCCCl)cc1. The van der Waals surface area contributed by atoms with E-state index in [4.69, 9.17) is 68.4 Å². The van der Waals surface area contributed by atoms with E-state index in [1.165, 1.54) is 13.3 Å². The molecule has 1 aromatic rings. The number of amides is 1. The Morgan fingerprint density at radius 3 is 1.04 bits per heavy atom. The molecule has 0 heterocycles. The maximum absolute atomic E-state index is 11.0. The number of hydrogen-bond acceptors (Lipinski definition) is 13. The van der Waals surface area contributed by atoms with E-state index in [9.17, 15) is 4.79 Å². The average molecular weight is 754 g/mol. The fourth-order valence-electron chi connectivity index (χ4n) is 4.01. The number of carbonyl (C=O) groups is 1. The lowest BCUT2D eigenvalue weighted by molar-refractivity contribution is -0.114. The van der Waals surface area contributed by atoms with Gasteiger partial charge in [-0.15, -0.1) is 11.6 Å². The van der Waals surface area contributed by atoms with Crippen LogP contribution >= 0.6 is 11.6 Å². The summed E-state index contributed by atoms with van der Waals surface area (Å²) in [6, 6.07) is 7.18. The van der Waals surface area contributed by atoms with Crippen molar-refractivity contribution < 1.29 is 61.6 Å². The van der Waals surface area contributed by atoms with E-state index >= 15 is 0 Å². The molecule has 0 radical (unpaired) electrons. The van der Waals surface area contributed by atoms with Crippen molar-refractivity contribution in [3.8, 4) is 5.75 Å². The van der Waals surface area contributed by atoms with Crippen LogP contribution in [0.3, 0.4) is 0 Å². The van der Waals surface area contributed by atoms with Gasteiger partial charge < -0.3 is 62.2 Å². The van der Waals surface area contributed by atoms with Crippen LogP contribution < -0.4 is 10.1 Å². The van der Waals surface area contributed by atoms with Gasteiger partial charge in [0, 0.05) is 25.1 Å². The molecule has 0 saturated carbocycles. The maximum Gasteiger partial charge on any atom is 0.221 e. The van der Waals surface area contributed by atoms with E-state index in [-0.39, 0.29) is 5.91 Å². The predicted octanol–water partition coefficient (Wildman–Crippen LogP) is 4.01. The molecule has 0 aliphatic carbocycles. The van der Waals surface area contributed by atoms with Gasteiger partial charge in [-0.3, -0.25) is 4.79 Å². The van der Waals surface area contributed by atoms with Crippen molar-refractivity contribution in [2.24, 2.45) is 0 Å². The first-order valence-electron chi connectivity index (χ1n) is 18.1. The van der Waals surface area contributed by atoms with Crippen LogP contribution in [0, 0.1) is 0 Å². The predicted molar refractivity (Wildman–Crippen MR) is 194 cm³/mol. The van der Waals surface area contributed by atoms with Crippen molar-refractivity contribution in [3.05, 3.63) is 24.3 Å². The molecular weight excluding hydrogens is 690 g/mol. The summed E-state index contributed by atoms with van der Waals surface area (Å²) in [5.74, 6) is 1.35. The molecule has 0 saturated heterocycles. The first-order valence-corrected chi connectivity index (χ1v) is 18.7. The molecule has 15 heteroatoms. The zero-order valence-electron chi connectivity index (χ0n) is 30.8. The van der Waals surface area contributed by atoms with Gasteiger partial charge in [-0.05, 0) is 37.1 Å². The highest BCUT2D eigenvalue weighted by Crippen LogP contribution is 2.15. The Hall–Kier alpha value is -1.66. The lowest BCUT2D eigenvalue weighted by Gasteiger charge is -2.09. The van der Waals surface area contributed by atoms with Gasteiger partial charge in [0.05, 0.1) is 139 Å². The summed E-state index contributed by atoms with van der Waals surface area (Å²) in [5, 5.41) is 2.71. The molecule has 0 fully saturated rings. The van der Waals surface area contributed by atoms with E-state index in [2.05, 4.69) is 5.32 Å². The zero-order chi connectivity index (χ0) is 36.6. The number of unbranched alkanes of at least 4 members (excludes halogenated alkanes) is 3. The summed E-state index contributed by atoms with van der Waals surface area (Å²) in [4.78, 5) is 11.0. The smallest absolute Gasteiger partial charge is 0.221 e. The van der Waals surface area contributed by atoms with E-state index in [0.717, 1.165) is 37.4 Å². The van der Waals surface area contributed by atoms with Crippen LogP contribution in [0.1, 0.15) is 32.6 Å². The molecule has 0 aromatic heterocycles. The number of nitrogens with one attached hydrogen (secondary N) is 1. The van der Waals surface area contributed by atoms with Crippen molar-refractivity contribution in [2.75, 3.05) is 163 Å². The standard InChI is InChI=1S/C36H64ClNO13/c1-34(39)38-35-6-8-36(9-7-35)51-33-32-50-31-30-49-29-28-48-27-26-47-25-24-46-23-22-45-21-20-44-19-18-43-17-16-42-15-14-41-13-12-40-11-5-3-2-4-10-37/h6-9H,2-5,10-33H2,1H3,(H,38,39). The average Bonchev–Trinajstić information content (AvgIpc) is 3.13. The largest absolute Gasteiger partial charge is 0.491 e. The molecule has 1 amide bonds. The summed E-state index contributed by atoms with van der Waals surface area (Å²) in [5.41, 5.74) is 0.731. The molecule has 0 spiro atoms. The number of alkyl halides is 1. The van der Waals surface area contributed by atoms with Crippen LogP contribution in [-0.4, -0.2) is 164 Å². The lowest BCUT2D eigenvalue weighted by atomic mass is 10.2. The molecular formula is C36H64ClNO13. The number of hydrogen-bond donors (Lipinski definition) is 1. The highest BCUT2D eigenvalue weighted by molar-refractivity contribution is 6.17. The minimum atomic E-state index is -0.108. The third kappa shape index (κ3) is 36.5. The Labute approximate surface area is 310 Å². The summed E-state index contributed by atoms with van der Waals surface area (Å²) < 4.78 is 66.0. The van der Waals surface area contributed by atoms with Crippen molar-refractivity contribution in [2.45, 2.75) is 32.6 Å². The van der Waals surface area contributed by atoms with Gasteiger partial charge in [0.15, 0.2) is 0 Å². The second-order valence-corrected chi connectivity index (χ2v) is 11.3. The van der Waals surface area contributed by atoms with Crippen LogP contribution in [-0.2, 0) is 56.9 Å². The van der Waals surface area contributed by atoms with Crippen LogP contribution in [0.15, 0.2) is 24.3 Å². The quantitative estimate of drug-likeness (QED) is 0.0762. The second kappa shape index (κ2) is 39.5. The molecule has 0 bridgehead atoms. The molecule has 0 unspecified atom stereocenters. The summed E-state index contributed by atoms with van der Waals surface area (Å²) >= 11 is 5.66. The first kappa shape index (κ1) is 47.4. The highest BCUT2D eigenvalue weighted by Gasteiger charge is 1.99. The Morgan fingerprint density at radius 2 is 0.725 bits per heavy atom. The fraction of sp³-hybridized carbons (Fsp3) is 0.806. The Morgan fingerprint density at radius 1 is 0.431 bits per heavy atom. The zero-order valence-corrected chi connectivity index (χ0v) is 31.5. The number of benzene rings is 1. The maximum atomic E-state index is 11.0. The van der Waals surface area contributed by atoms with E-state index < -0.39 is 0 Å². The third-order valence-electron chi connectivity index (χ3n) is 6.56. The van der Waals surface area contributed by atoms with Crippen molar-refractivity contribution in [1.29, 1.82) is 0 Å². The summed E-state index contributed by atoms with van der Waals surface area (Å²) in [6.45, 7) is 13.4. The molecule has 1 rings (SSSR count). The topological polar surface area (TPSA) is 140 Å². The van der Waals surface area contributed by atoms with E-state index in [1.807, 2.05) is 0 Å². The van der Waals surface area contributed by atoms with Gasteiger partial charge in [0.1, 0.15) is 12.4 Å². The number of carbonyl (C=O) groups excluding carboxylic acids is 1. The van der Waals surface area contributed by atoms with Gasteiger partial charge in [-0.25, -0.2) is 0 Å². The third-order valence-corrected chi connectivity index (χ3v) is 6.83. The molecule has 1 N–H and O–H groups in total. The minimum absolute atomic E-state index is 0.108. The highest BCUT2D eigenvalue weighted by atomic mass is 35.5. The fourth-order valence-corrected chi connectivity index (χ4v) is 4.20. The van der Waals surface area contributed by atoms with Crippen LogP contribution in [0.4, 0.5) is 5.69 Å². The van der Waals surface area contributed by atoms with Gasteiger partial charge in [-0.2, -0.15) is 0 Å². The van der Waals surface area contributed by atoms with Gasteiger partial charge in [0.2, 0.25) is 5.91 Å². The van der Waals surface area contributed by atoms with Gasteiger partial charge >= 0.3 is 0 Å². The number of rotatable bonds is 41. The molecule has 298 valence electrons. The normalized spacial score (nSPS) is 11.3. The summed E-state index contributed by atoms with van der Waals surface area (Å²) in [7, 11) is 0. The first-order chi connectivity index (χ1) is 25.2. The van der Waals surface area contributed by atoms with Crippen molar-refractivity contribution in [3.63, 3.8) is 0 Å². The Bertz CT molecular complexity index is 857. The minimum Gasteiger partial charge on any atom is -0.491 e. The van der Waals surface area contributed by atoms with E-state index in [0.29, 0.717) is 151 Å². The lowest BCUT2D eigenvalue weighted by Crippen LogP contribution is -2.15. The van der Waals surface area contributed by atoms with Crippen LogP contribution in [0.5, 0.6) is 5.75 Å². The number of anilines is 1. The molecule has 51 heavy (non-hydrogen) atoms. The summed E-state index contributed by atoms with van der Waals surface area (Å²) in [6.07, 6.45) is 4.48. The number of ether oxygens (including phenoxy) is 12. The molecule has 14 nitrogen and oxygen atoms in total.